The molecular weight excluding hydrogens is 302 g/mol. The number of anilines is 1. The molecule has 0 aromatic heterocycles. The Morgan fingerprint density at radius 2 is 1.62 bits per heavy atom. The minimum atomic E-state index is -0.146. The summed E-state index contributed by atoms with van der Waals surface area (Å²) >= 11 is 0. The lowest BCUT2D eigenvalue weighted by atomic mass is 10.2. The van der Waals surface area contributed by atoms with Crippen molar-refractivity contribution in [2.45, 2.75) is 39.7 Å². The average Bonchev–Trinajstić information content (AvgIpc) is 2.61. The van der Waals surface area contributed by atoms with Crippen molar-refractivity contribution in [2.24, 2.45) is 0 Å². The first kappa shape index (κ1) is 17.9. The Morgan fingerprint density at radius 3 is 2.21 bits per heavy atom. The first-order valence-electron chi connectivity index (χ1n) is 8.43. The van der Waals surface area contributed by atoms with Crippen molar-refractivity contribution >= 4 is 11.6 Å². The van der Waals surface area contributed by atoms with E-state index in [9.17, 15) is 4.79 Å². The van der Waals surface area contributed by atoms with Crippen LogP contribution in [-0.2, 0) is 0 Å². The van der Waals surface area contributed by atoms with Crippen LogP contribution in [0.4, 0.5) is 5.69 Å². The van der Waals surface area contributed by atoms with Crippen molar-refractivity contribution < 1.29 is 14.3 Å². The number of nitrogens with one attached hydrogen (secondary N) is 1. The fraction of sp³-hybridized carbons (Fsp3) is 0.350. The highest BCUT2D eigenvalue weighted by Crippen LogP contribution is 2.18. The number of rotatable bonds is 8. The van der Waals surface area contributed by atoms with Gasteiger partial charge in [-0.2, -0.15) is 0 Å². The first-order chi connectivity index (χ1) is 11.6. The van der Waals surface area contributed by atoms with E-state index in [0.29, 0.717) is 12.2 Å². The lowest BCUT2D eigenvalue weighted by molar-refractivity contribution is 0.102. The highest BCUT2D eigenvalue weighted by atomic mass is 16.5. The maximum absolute atomic E-state index is 12.3. The Labute approximate surface area is 143 Å². The zero-order valence-corrected chi connectivity index (χ0v) is 14.5. The second-order valence-electron chi connectivity index (χ2n) is 5.69. The summed E-state index contributed by atoms with van der Waals surface area (Å²) in [6.07, 6.45) is 2.08. The Bertz CT molecular complexity index is 635. The van der Waals surface area contributed by atoms with Crippen LogP contribution in [0.25, 0.3) is 0 Å². The van der Waals surface area contributed by atoms with Crippen LogP contribution in [-0.4, -0.2) is 18.6 Å². The van der Waals surface area contributed by atoms with E-state index in [0.717, 1.165) is 30.0 Å². The molecule has 0 aliphatic carbocycles. The van der Waals surface area contributed by atoms with Gasteiger partial charge in [-0.1, -0.05) is 13.8 Å². The number of ether oxygens (including phenoxy) is 2. The molecule has 0 saturated heterocycles. The predicted octanol–water partition coefficient (Wildman–Crippen LogP) is 4.91. The van der Waals surface area contributed by atoms with Crippen molar-refractivity contribution in [3.63, 3.8) is 0 Å². The minimum Gasteiger partial charge on any atom is -0.494 e. The van der Waals surface area contributed by atoms with Crippen molar-refractivity contribution in [1.29, 1.82) is 0 Å². The fourth-order valence-electron chi connectivity index (χ4n) is 2.06. The van der Waals surface area contributed by atoms with Crippen molar-refractivity contribution in [1.82, 2.24) is 0 Å². The van der Waals surface area contributed by atoms with Crippen LogP contribution in [0.3, 0.4) is 0 Å². The second kappa shape index (κ2) is 8.96. The molecule has 0 radical (unpaired) electrons. The molecule has 2 rings (SSSR count). The first-order valence-corrected chi connectivity index (χ1v) is 8.43. The van der Waals surface area contributed by atoms with Gasteiger partial charge in [0.15, 0.2) is 0 Å². The monoisotopic (exact) mass is 327 g/mol. The summed E-state index contributed by atoms with van der Waals surface area (Å²) in [4.78, 5) is 12.3. The highest BCUT2D eigenvalue weighted by Gasteiger charge is 2.07. The molecule has 0 fully saturated rings. The third kappa shape index (κ3) is 5.30. The zero-order valence-electron chi connectivity index (χ0n) is 14.5. The number of amides is 1. The molecule has 128 valence electrons. The third-order valence-corrected chi connectivity index (χ3v) is 3.61. The topological polar surface area (TPSA) is 47.6 Å². The number of hydrogen-bond donors (Lipinski definition) is 1. The summed E-state index contributed by atoms with van der Waals surface area (Å²) < 4.78 is 11.2. The Hall–Kier alpha value is -2.49. The maximum atomic E-state index is 12.3. The molecule has 1 atom stereocenters. The molecule has 1 N–H and O–H groups in total. The predicted molar refractivity (Wildman–Crippen MR) is 97.0 cm³/mol. The van der Waals surface area contributed by atoms with Crippen LogP contribution in [0.15, 0.2) is 48.5 Å². The number of benzene rings is 2. The molecule has 0 heterocycles. The van der Waals surface area contributed by atoms with Gasteiger partial charge in [0.05, 0.1) is 12.7 Å². The third-order valence-electron chi connectivity index (χ3n) is 3.61. The van der Waals surface area contributed by atoms with Crippen molar-refractivity contribution in [3.05, 3.63) is 54.1 Å². The van der Waals surface area contributed by atoms with E-state index in [1.807, 2.05) is 43.3 Å². The van der Waals surface area contributed by atoms with Crippen LogP contribution in [0.2, 0.25) is 0 Å². The number of carbonyl (C=O) groups is 1. The molecule has 0 aliphatic heterocycles. The van der Waals surface area contributed by atoms with E-state index in [2.05, 4.69) is 19.2 Å². The van der Waals surface area contributed by atoms with Gasteiger partial charge in [0.25, 0.3) is 5.91 Å². The number of carbonyl (C=O) groups excluding carboxylic acids is 1. The summed E-state index contributed by atoms with van der Waals surface area (Å²) in [5, 5.41) is 2.88. The summed E-state index contributed by atoms with van der Waals surface area (Å²) in [6.45, 7) is 6.85. The molecule has 2 aromatic carbocycles. The van der Waals surface area contributed by atoms with Crippen LogP contribution in [0, 0.1) is 0 Å². The highest BCUT2D eigenvalue weighted by molar-refractivity contribution is 6.04. The lowest BCUT2D eigenvalue weighted by Gasteiger charge is -2.13. The van der Waals surface area contributed by atoms with E-state index in [1.165, 1.54) is 0 Å². The molecule has 0 saturated carbocycles. The Balaban J connectivity index is 1.94. The molecular formula is C20H25NO3. The number of hydrogen-bond acceptors (Lipinski definition) is 3. The minimum absolute atomic E-state index is 0.146. The van der Waals surface area contributed by atoms with Gasteiger partial charge in [-0.3, -0.25) is 4.79 Å². The quantitative estimate of drug-likeness (QED) is 0.750. The second-order valence-corrected chi connectivity index (χ2v) is 5.69. The van der Waals surface area contributed by atoms with E-state index < -0.39 is 0 Å². The Morgan fingerprint density at radius 1 is 1.00 bits per heavy atom. The van der Waals surface area contributed by atoms with E-state index in [1.54, 1.807) is 12.1 Å². The lowest BCUT2D eigenvalue weighted by Crippen LogP contribution is -2.12. The Kier molecular flexibility index (Phi) is 6.67. The van der Waals surface area contributed by atoms with Gasteiger partial charge in [-0.05, 0) is 68.3 Å². The van der Waals surface area contributed by atoms with Crippen LogP contribution >= 0.6 is 0 Å². The standard InChI is InChI=1S/C20H25NO3/c1-4-14-23-18-12-8-17(9-13-18)21-20(22)16-6-10-19(11-7-16)24-15(3)5-2/h6-13,15H,4-5,14H2,1-3H3,(H,21,22). The van der Waals surface area contributed by atoms with Gasteiger partial charge in [0, 0.05) is 11.3 Å². The van der Waals surface area contributed by atoms with Crippen LogP contribution in [0.5, 0.6) is 11.5 Å². The largest absolute Gasteiger partial charge is 0.494 e. The molecule has 4 nitrogen and oxygen atoms in total. The summed E-state index contributed by atoms with van der Waals surface area (Å²) in [7, 11) is 0. The van der Waals surface area contributed by atoms with Crippen molar-refractivity contribution in [3.8, 4) is 11.5 Å². The van der Waals surface area contributed by atoms with Gasteiger partial charge in [0.2, 0.25) is 0 Å². The molecule has 0 aliphatic rings. The van der Waals surface area contributed by atoms with Gasteiger partial charge in [0.1, 0.15) is 11.5 Å². The SMILES string of the molecule is CCCOc1ccc(NC(=O)c2ccc(OC(C)CC)cc2)cc1. The fourth-order valence-corrected chi connectivity index (χ4v) is 2.06. The summed E-state index contributed by atoms with van der Waals surface area (Å²) in [5.74, 6) is 1.44. The van der Waals surface area contributed by atoms with E-state index in [4.69, 9.17) is 9.47 Å². The zero-order chi connectivity index (χ0) is 17.4. The molecule has 24 heavy (non-hydrogen) atoms. The van der Waals surface area contributed by atoms with Crippen LogP contribution < -0.4 is 14.8 Å². The van der Waals surface area contributed by atoms with E-state index in [-0.39, 0.29) is 12.0 Å². The molecule has 2 aromatic rings. The van der Waals surface area contributed by atoms with Gasteiger partial charge >= 0.3 is 0 Å². The van der Waals surface area contributed by atoms with Gasteiger partial charge in [-0.15, -0.1) is 0 Å². The smallest absolute Gasteiger partial charge is 0.255 e. The summed E-state index contributed by atoms with van der Waals surface area (Å²) in [6, 6.07) is 14.6. The average molecular weight is 327 g/mol. The molecule has 1 amide bonds. The van der Waals surface area contributed by atoms with Crippen LogP contribution in [0.1, 0.15) is 44.0 Å². The maximum Gasteiger partial charge on any atom is 0.255 e. The van der Waals surface area contributed by atoms with Gasteiger partial charge < -0.3 is 14.8 Å². The molecule has 0 spiro atoms. The molecule has 4 heteroatoms. The van der Waals surface area contributed by atoms with E-state index >= 15 is 0 Å². The molecule has 0 bridgehead atoms. The summed E-state index contributed by atoms with van der Waals surface area (Å²) in [5.41, 5.74) is 1.33. The molecule has 1 unspecified atom stereocenters. The van der Waals surface area contributed by atoms with Crippen molar-refractivity contribution in [2.75, 3.05) is 11.9 Å². The van der Waals surface area contributed by atoms with Gasteiger partial charge in [-0.25, -0.2) is 0 Å². The normalized spacial score (nSPS) is 11.6.